The minimum absolute atomic E-state index is 0.146. The van der Waals surface area contributed by atoms with Gasteiger partial charge in [-0.2, -0.15) is 13.2 Å². The molecule has 0 saturated carbocycles. The van der Waals surface area contributed by atoms with Gasteiger partial charge in [0.15, 0.2) is 0 Å². The van der Waals surface area contributed by atoms with E-state index < -0.39 is 16.8 Å². The summed E-state index contributed by atoms with van der Waals surface area (Å²) in [6, 6.07) is 4.93. The molecule has 0 atom stereocenters. The van der Waals surface area contributed by atoms with E-state index in [0.717, 1.165) is 17.8 Å². The Morgan fingerprint density at radius 1 is 1.34 bits per heavy atom. The van der Waals surface area contributed by atoms with E-state index in [0.29, 0.717) is 45.0 Å². The largest absolute Gasteiger partial charge is 0.417 e. The van der Waals surface area contributed by atoms with Gasteiger partial charge in [0.1, 0.15) is 0 Å². The number of methoxy groups -OCH3 is 1. The van der Waals surface area contributed by atoms with Crippen molar-refractivity contribution in [1.29, 1.82) is 0 Å². The molecule has 0 unspecified atom stereocenters. The van der Waals surface area contributed by atoms with Gasteiger partial charge < -0.3 is 19.5 Å². The molecule has 2 heterocycles. The zero-order chi connectivity index (χ0) is 21.0. The molecule has 0 bridgehead atoms. The first kappa shape index (κ1) is 21.4. The van der Waals surface area contributed by atoms with Crippen LogP contribution in [0, 0.1) is 0 Å². The Labute approximate surface area is 170 Å². The number of nitrogens with zero attached hydrogens (tertiary/aromatic N) is 2. The highest BCUT2D eigenvalue weighted by molar-refractivity contribution is 6.31. The Hall–Kier alpha value is -2.26. The van der Waals surface area contributed by atoms with Gasteiger partial charge in [0.2, 0.25) is 5.88 Å². The van der Waals surface area contributed by atoms with Crippen molar-refractivity contribution in [3.8, 4) is 0 Å². The summed E-state index contributed by atoms with van der Waals surface area (Å²) in [6.07, 6.45) is -3.18. The zero-order valence-corrected chi connectivity index (χ0v) is 16.5. The third-order valence-electron chi connectivity index (χ3n) is 4.86. The van der Waals surface area contributed by atoms with Crippen LogP contribution in [0.4, 0.5) is 19.1 Å². The maximum absolute atomic E-state index is 12.8. The molecule has 1 N–H and O–H groups in total. The van der Waals surface area contributed by atoms with Gasteiger partial charge in [0, 0.05) is 44.3 Å². The molecule has 1 aromatic heterocycles. The van der Waals surface area contributed by atoms with Crippen molar-refractivity contribution in [2.45, 2.75) is 24.9 Å². The summed E-state index contributed by atoms with van der Waals surface area (Å²) < 4.78 is 48.7. The number of amides is 1. The summed E-state index contributed by atoms with van der Waals surface area (Å²) in [5.41, 5.74) is 0.0116. The standard InChI is InChI=1S/C19H21ClF3N3O3/c1-28-9-6-24-17-11-16(25-29-17)12-4-7-26(8-5-12)18(27)13-2-3-14(15(20)10-13)19(21,22)23/h2-3,10-12,24H,4-9H2,1H3. The zero-order valence-electron chi connectivity index (χ0n) is 15.8. The highest BCUT2D eigenvalue weighted by atomic mass is 35.5. The molecule has 10 heteroatoms. The van der Waals surface area contributed by atoms with Crippen LogP contribution in [0.5, 0.6) is 0 Å². The molecule has 0 aliphatic carbocycles. The van der Waals surface area contributed by atoms with Crippen LogP contribution in [-0.2, 0) is 10.9 Å². The number of ether oxygens (including phenoxy) is 1. The fraction of sp³-hybridized carbons (Fsp3) is 0.474. The number of carbonyl (C=O) groups excluding carboxylic acids is 1. The predicted octanol–water partition coefficient (Wildman–Crippen LogP) is 4.42. The number of anilines is 1. The number of halogens is 4. The monoisotopic (exact) mass is 431 g/mol. The second-order valence-electron chi connectivity index (χ2n) is 6.79. The van der Waals surface area contributed by atoms with Crippen LogP contribution in [-0.4, -0.2) is 49.3 Å². The molecule has 158 valence electrons. The van der Waals surface area contributed by atoms with Crippen LogP contribution in [0.15, 0.2) is 28.8 Å². The maximum Gasteiger partial charge on any atom is 0.417 e. The minimum atomic E-state index is -4.55. The predicted molar refractivity (Wildman–Crippen MR) is 101 cm³/mol. The van der Waals surface area contributed by atoms with Gasteiger partial charge in [0.25, 0.3) is 5.91 Å². The van der Waals surface area contributed by atoms with Gasteiger partial charge >= 0.3 is 6.18 Å². The summed E-state index contributed by atoms with van der Waals surface area (Å²) in [7, 11) is 1.61. The second kappa shape index (κ2) is 9.04. The third-order valence-corrected chi connectivity index (χ3v) is 5.17. The van der Waals surface area contributed by atoms with Crippen LogP contribution in [0.25, 0.3) is 0 Å². The molecule has 1 fully saturated rings. The number of hydrogen-bond donors (Lipinski definition) is 1. The molecule has 1 saturated heterocycles. The van der Waals surface area contributed by atoms with Crippen molar-refractivity contribution in [3.05, 3.63) is 46.1 Å². The molecule has 6 nitrogen and oxygen atoms in total. The number of alkyl halides is 3. The minimum Gasteiger partial charge on any atom is -0.383 e. The first-order valence-electron chi connectivity index (χ1n) is 9.15. The lowest BCUT2D eigenvalue weighted by Crippen LogP contribution is -2.38. The fourth-order valence-corrected chi connectivity index (χ4v) is 3.57. The van der Waals surface area contributed by atoms with Crippen LogP contribution in [0.3, 0.4) is 0 Å². The molecule has 1 aliphatic heterocycles. The summed E-state index contributed by atoms with van der Waals surface area (Å²) in [5.74, 6) is 0.382. The lowest BCUT2D eigenvalue weighted by Gasteiger charge is -2.31. The number of carbonyl (C=O) groups is 1. The van der Waals surface area contributed by atoms with E-state index in [1.165, 1.54) is 6.07 Å². The van der Waals surface area contributed by atoms with Crippen LogP contribution >= 0.6 is 11.6 Å². The van der Waals surface area contributed by atoms with E-state index in [9.17, 15) is 18.0 Å². The molecule has 3 rings (SSSR count). The third kappa shape index (κ3) is 5.22. The lowest BCUT2D eigenvalue weighted by atomic mass is 9.93. The Morgan fingerprint density at radius 2 is 2.07 bits per heavy atom. The van der Waals surface area contributed by atoms with Gasteiger partial charge in [-0.05, 0) is 31.0 Å². The second-order valence-corrected chi connectivity index (χ2v) is 7.20. The normalized spacial score (nSPS) is 15.6. The van der Waals surface area contributed by atoms with Crippen LogP contribution < -0.4 is 5.32 Å². The number of benzene rings is 1. The Kier molecular flexibility index (Phi) is 6.69. The van der Waals surface area contributed by atoms with E-state index in [4.69, 9.17) is 20.9 Å². The van der Waals surface area contributed by atoms with Crippen LogP contribution in [0.2, 0.25) is 5.02 Å². The summed E-state index contributed by atoms with van der Waals surface area (Å²) in [6.45, 7) is 2.10. The van der Waals surface area contributed by atoms with Crippen molar-refractivity contribution < 1.29 is 27.2 Å². The van der Waals surface area contributed by atoms with Crippen molar-refractivity contribution in [1.82, 2.24) is 10.1 Å². The van der Waals surface area contributed by atoms with Gasteiger partial charge in [-0.25, -0.2) is 0 Å². The van der Waals surface area contributed by atoms with Crippen molar-refractivity contribution >= 4 is 23.4 Å². The molecule has 0 spiro atoms. The Morgan fingerprint density at radius 3 is 2.69 bits per heavy atom. The molecular formula is C19H21ClF3N3O3. The lowest BCUT2D eigenvalue weighted by molar-refractivity contribution is -0.137. The average molecular weight is 432 g/mol. The molecule has 1 amide bonds. The number of hydrogen-bond acceptors (Lipinski definition) is 5. The topological polar surface area (TPSA) is 67.6 Å². The summed E-state index contributed by atoms with van der Waals surface area (Å²) in [4.78, 5) is 14.3. The molecule has 29 heavy (non-hydrogen) atoms. The summed E-state index contributed by atoms with van der Waals surface area (Å²) >= 11 is 5.72. The number of aromatic nitrogens is 1. The molecule has 1 aliphatic rings. The number of piperidine rings is 1. The van der Waals surface area contributed by atoms with Crippen LogP contribution in [0.1, 0.15) is 40.4 Å². The van der Waals surface area contributed by atoms with E-state index >= 15 is 0 Å². The van der Waals surface area contributed by atoms with Gasteiger partial charge in [-0.3, -0.25) is 4.79 Å². The van der Waals surface area contributed by atoms with Crippen molar-refractivity contribution in [2.75, 3.05) is 38.7 Å². The molecule has 2 aromatic rings. The highest BCUT2D eigenvalue weighted by Gasteiger charge is 2.34. The molecular weight excluding hydrogens is 411 g/mol. The smallest absolute Gasteiger partial charge is 0.383 e. The first-order chi connectivity index (χ1) is 13.8. The van der Waals surface area contributed by atoms with E-state index in [-0.39, 0.29) is 17.4 Å². The summed E-state index contributed by atoms with van der Waals surface area (Å²) in [5, 5.41) is 6.67. The number of likely N-dealkylation sites (tertiary alicyclic amines) is 1. The van der Waals surface area contributed by atoms with Gasteiger partial charge in [-0.1, -0.05) is 16.8 Å². The highest BCUT2D eigenvalue weighted by Crippen LogP contribution is 2.35. The number of nitrogens with one attached hydrogen (secondary N) is 1. The van der Waals surface area contributed by atoms with E-state index in [1.807, 2.05) is 6.07 Å². The first-order valence-corrected chi connectivity index (χ1v) is 9.53. The van der Waals surface area contributed by atoms with E-state index in [2.05, 4.69) is 10.5 Å². The average Bonchev–Trinajstić information content (AvgIpc) is 3.15. The quantitative estimate of drug-likeness (QED) is 0.685. The number of rotatable bonds is 6. The van der Waals surface area contributed by atoms with Crippen molar-refractivity contribution in [2.24, 2.45) is 0 Å². The fourth-order valence-electron chi connectivity index (χ4n) is 3.28. The molecule has 0 radical (unpaired) electrons. The van der Waals surface area contributed by atoms with Gasteiger partial charge in [-0.15, -0.1) is 0 Å². The van der Waals surface area contributed by atoms with Crippen molar-refractivity contribution in [3.63, 3.8) is 0 Å². The SMILES string of the molecule is COCCNc1cc(C2CCN(C(=O)c3ccc(C(F)(F)F)c(Cl)c3)CC2)no1. The maximum atomic E-state index is 12.8. The van der Waals surface area contributed by atoms with Gasteiger partial charge in [0.05, 0.1) is 22.9 Å². The Balaban J connectivity index is 1.58. The Bertz CT molecular complexity index is 849. The molecule has 1 aromatic carbocycles. The van der Waals surface area contributed by atoms with E-state index in [1.54, 1.807) is 12.0 Å².